The Morgan fingerprint density at radius 3 is 2.57 bits per heavy atom. The van der Waals surface area contributed by atoms with E-state index >= 15 is 0 Å². The van der Waals surface area contributed by atoms with Gasteiger partial charge in [0.2, 0.25) is 5.91 Å². The van der Waals surface area contributed by atoms with Crippen LogP contribution in [0.2, 0.25) is 0 Å². The molecular formula is C17H23N3O3. The number of hydrogen-bond acceptors (Lipinski definition) is 4. The van der Waals surface area contributed by atoms with Gasteiger partial charge in [-0.25, -0.2) is 9.78 Å². The minimum absolute atomic E-state index is 0.131. The summed E-state index contributed by atoms with van der Waals surface area (Å²) in [5.74, 6) is 1.10. The molecule has 0 atom stereocenters. The molecule has 0 saturated carbocycles. The van der Waals surface area contributed by atoms with Gasteiger partial charge in [-0.05, 0) is 38.8 Å². The molecule has 2 amide bonds. The Balaban J connectivity index is 1.79. The molecule has 0 N–H and O–H groups in total. The summed E-state index contributed by atoms with van der Waals surface area (Å²) in [6.07, 6.45) is 1.47. The first-order valence-corrected chi connectivity index (χ1v) is 8.08. The molecule has 3 heterocycles. The summed E-state index contributed by atoms with van der Waals surface area (Å²) in [5.41, 5.74) is 0.599. The Labute approximate surface area is 136 Å². The number of ether oxygens (including phenoxy) is 1. The Kier molecular flexibility index (Phi) is 4.00. The van der Waals surface area contributed by atoms with E-state index in [1.54, 1.807) is 11.8 Å². The van der Waals surface area contributed by atoms with Gasteiger partial charge in [-0.15, -0.1) is 0 Å². The fraction of sp³-hybridized carbons (Fsp3) is 0.588. The van der Waals surface area contributed by atoms with Crippen molar-refractivity contribution in [2.45, 2.75) is 45.1 Å². The molecule has 1 aromatic rings. The topological polar surface area (TPSA) is 62.7 Å². The quantitative estimate of drug-likeness (QED) is 0.841. The number of likely N-dealkylation sites (tertiary alicyclic amines) is 1. The van der Waals surface area contributed by atoms with Crippen LogP contribution in [-0.4, -0.2) is 47.1 Å². The average Bonchev–Trinajstić information content (AvgIpc) is 2.81. The van der Waals surface area contributed by atoms with Gasteiger partial charge in [0.15, 0.2) is 0 Å². The van der Waals surface area contributed by atoms with Gasteiger partial charge < -0.3 is 9.64 Å². The van der Waals surface area contributed by atoms with E-state index in [4.69, 9.17) is 9.72 Å². The Morgan fingerprint density at radius 1 is 1.30 bits per heavy atom. The molecule has 124 valence electrons. The number of anilines is 1. The van der Waals surface area contributed by atoms with E-state index in [9.17, 15) is 9.59 Å². The van der Waals surface area contributed by atoms with Gasteiger partial charge in [-0.1, -0.05) is 6.07 Å². The van der Waals surface area contributed by atoms with Crippen LogP contribution in [0.5, 0.6) is 0 Å². The van der Waals surface area contributed by atoms with Crippen LogP contribution in [0.1, 0.15) is 45.2 Å². The van der Waals surface area contributed by atoms with Crippen LogP contribution in [0.25, 0.3) is 0 Å². The lowest BCUT2D eigenvalue weighted by Gasteiger charge is -2.32. The standard InChI is InChI=1S/C17H23N3O3/c1-12(21)19-9-7-13(8-10-19)14-5-4-6-15(18-14)20-16(22)23-11-17(20,2)3/h4-6,13H,7-11H2,1-3H3. The zero-order valence-electron chi connectivity index (χ0n) is 13.9. The van der Waals surface area contributed by atoms with Crippen molar-refractivity contribution in [3.05, 3.63) is 23.9 Å². The molecular weight excluding hydrogens is 294 g/mol. The summed E-state index contributed by atoms with van der Waals surface area (Å²) in [7, 11) is 0. The van der Waals surface area contributed by atoms with E-state index < -0.39 is 0 Å². The third-order valence-corrected chi connectivity index (χ3v) is 4.68. The SMILES string of the molecule is CC(=O)N1CCC(c2cccc(N3C(=O)OCC3(C)C)n2)CC1. The van der Waals surface area contributed by atoms with Gasteiger partial charge in [-0.2, -0.15) is 0 Å². The molecule has 0 aliphatic carbocycles. The van der Waals surface area contributed by atoms with E-state index in [0.29, 0.717) is 18.3 Å². The van der Waals surface area contributed by atoms with Gasteiger partial charge in [0, 0.05) is 31.6 Å². The van der Waals surface area contributed by atoms with Gasteiger partial charge >= 0.3 is 6.09 Å². The number of nitrogens with zero attached hydrogens (tertiary/aromatic N) is 3. The summed E-state index contributed by atoms with van der Waals surface area (Å²) >= 11 is 0. The number of piperidine rings is 1. The van der Waals surface area contributed by atoms with Crippen LogP contribution in [0.3, 0.4) is 0 Å². The van der Waals surface area contributed by atoms with E-state index in [1.165, 1.54) is 0 Å². The molecule has 0 bridgehead atoms. The fourth-order valence-electron chi connectivity index (χ4n) is 3.30. The lowest BCUT2D eigenvalue weighted by molar-refractivity contribution is -0.129. The molecule has 0 unspecified atom stereocenters. The number of carbonyl (C=O) groups excluding carboxylic acids is 2. The molecule has 1 aromatic heterocycles. The average molecular weight is 317 g/mol. The molecule has 2 fully saturated rings. The molecule has 2 aliphatic rings. The van der Waals surface area contributed by atoms with Crippen molar-refractivity contribution in [2.75, 3.05) is 24.6 Å². The molecule has 23 heavy (non-hydrogen) atoms. The monoisotopic (exact) mass is 317 g/mol. The molecule has 0 radical (unpaired) electrons. The molecule has 6 nitrogen and oxygen atoms in total. The minimum Gasteiger partial charge on any atom is -0.447 e. The maximum absolute atomic E-state index is 12.0. The molecule has 0 aromatic carbocycles. The number of rotatable bonds is 2. The van der Waals surface area contributed by atoms with Gasteiger partial charge in [-0.3, -0.25) is 9.69 Å². The smallest absolute Gasteiger partial charge is 0.416 e. The molecule has 3 rings (SSSR count). The highest BCUT2D eigenvalue weighted by molar-refractivity contribution is 5.90. The second-order valence-corrected chi connectivity index (χ2v) is 6.90. The van der Waals surface area contributed by atoms with Crippen molar-refractivity contribution in [3.8, 4) is 0 Å². The first-order chi connectivity index (χ1) is 10.9. The maximum atomic E-state index is 12.0. The van der Waals surface area contributed by atoms with Crippen LogP contribution in [-0.2, 0) is 9.53 Å². The van der Waals surface area contributed by atoms with Crippen molar-refractivity contribution in [3.63, 3.8) is 0 Å². The molecule has 6 heteroatoms. The van der Waals surface area contributed by atoms with Gasteiger partial charge in [0.05, 0.1) is 5.54 Å². The number of pyridine rings is 1. The number of aromatic nitrogens is 1. The molecule has 2 aliphatic heterocycles. The predicted octanol–water partition coefficient (Wildman–Crippen LogP) is 2.54. The first kappa shape index (κ1) is 15.8. The van der Waals surface area contributed by atoms with E-state index in [-0.39, 0.29) is 17.5 Å². The molecule has 0 spiro atoms. The van der Waals surface area contributed by atoms with Crippen molar-refractivity contribution in [1.82, 2.24) is 9.88 Å². The summed E-state index contributed by atoms with van der Waals surface area (Å²) in [6.45, 7) is 7.45. The molecule has 2 saturated heterocycles. The lowest BCUT2D eigenvalue weighted by Crippen LogP contribution is -2.42. The second-order valence-electron chi connectivity index (χ2n) is 6.90. The summed E-state index contributed by atoms with van der Waals surface area (Å²) in [6, 6.07) is 5.80. The number of cyclic esters (lactones) is 1. The number of carbonyl (C=O) groups is 2. The lowest BCUT2D eigenvalue weighted by atomic mass is 9.93. The van der Waals surface area contributed by atoms with Gasteiger partial charge in [0.25, 0.3) is 0 Å². The minimum atomic E-state index is -0.388. The number of hydrogen-bond donors (Lipinski definition) is 0. The Bertz CT molecular complexity index is 621. The number of amides is 2. The van der Waals surface area contributed by atoms with Crippen molar-refractivity contribution in [2.24, 2.45) is 0 Å². The second kappa shape index (κ2) is 5.83. The highest BCUT2D eigenvalue weighted by Gasteiger charge is 2.41. The third-order valence-electron chi connectivity index (χ3n) is 4.68. The third kappa shape index (κ3) is 3.02. The van der Waals surface area contributed by atoms with E-state index in [2.05, 4.69) is 0 Å². The van der Waals surface area contributed by atoms with Crippen LogP contribution in [0.15, 0.2) is 18.2 Å². The van der Waals surface area contributed by atoms with Gasteiger partial charge in [0.1, 0.15) is 12.4 Å². The normalized spacial score (nSPS) is 21.4. The largest absolute Gasteiger partial charge is 0.447 e. The van der Waals surface area contributed by atoms with E-state index in [1.807, 2.05) is 36.9 Å². The fourth-order valence-corrected chi connectivity index (χ4v) is 3.30. The summed E-state index contributed by atoms with van der Waals surface area (Å²) in [4.78, 5) is 31.7. The Morgan fingerprint density at radius 2 is 2.00 bits per heavy atom. The highest BCUT2D eigenvalue weighted by atomic mass is 16.6. The highest BCUT2D eigenvalue weighted by Crippen LogP contribution is 2.32. The summed E-state index contributed by atoms with van der Waals surface area (Å²) < 4.78 is 5.16. The zero-order valence-corrected chi connectivity index (χ0v) is 13.9. The Hall–Kier alpha value is -2.11. The van der Waals surface area contributed by atoms with E-state index in [0.717, 1.165) is 31.6 Å². The van der Waals surface area contributed by atoms with Crippen molar-refractivity contribution >= 4 is 17.8 Å². The zero-order chi connectivity index (χ0) is 16.6. The van der Waals surface area contributed by atoms with Crippen LogP contribution in [0, 0.1) is 0 Å². The van der Waals surface area contributed by atoms with Crippen LogP contribution < -0.4 is 4.90 Å². The van der Waals surface area contributed by atoms with Crippen LogP contribution >= 0.6 is 0 Å². The van der Waals surface area contributed by atoms with Crippen molar-refractivity contribution < 1.29 is 14.3 Å². The maximum Gasteiger partial charge on any atom is 0.416 e. The van der Waals surface area contributed by atoms with Crippen molar-refractivity contribution in [1.29, 1.82) is 0 Å². The first-order valence-electron chi connectivity index (χ1n) is 8.08. The summed E-state index contributed by atoms with van der Waals surface area (Å²) in [5, 5.41) is 0. The predicted molar refractivity (Wildman–Crippen MR) is 86.4 cm³/mol. The van der Waals surface area contributed by atoms with Crippen LogP contribution in [0.4, 0.5) is 10.6 Å².